The molecule has 0 radical (unpaired) electrons. The molecule has 0 bridgehead atoms. The fourth-order valence-corrected chi connectivity index (χ4v) is 3.23. The summed E-state index contributed by atoms with van der Waals surface area (Å²) >= 11 is 0. The van der Waals surface area contributed by atoms with Gasteiger partial charge in [-0.3, -0.25) is 4.68 Å². The lowest BCUT2D eigenvalue weighted by Crippen LogP contribution is -2.25. The van der Waals surface area contributed by atoms with E-state index in [0.29, 0.717) is 6.04 Å². The molecule has 1 aliphatic carbocycles. The number of aromatic nitrogens is 2. The molecule has 1 N–H and O–H groups in total. The standard InChI is InChI=1S/C17H23N3/c1-3-13-7-4-5-8-14(13)11-18-16-9-6-10-17-15(16)12-19-20(17)2/h4-5,7-8,12,16,18H,3,6,9-11H2,1-2H3. The van der Waals surface area contributed by atoms with E-state index in [4.69, 9.17) is 0 Å². The van der Waals surface area contributed by atoms with Crippen LogP contribution in [0.2, 0.25) is 0 Å². The molecular formula is C17H23N3. The van der Waals surface area contributed by atoms with Crippen LogP contribution in [-0.4, -0.2) is 9.78 Å². The molecule has 1 unspecified atom stereocenters. The van der Waals surface area contributed by atoms with Crippen LogP contribution in [0.25, 0.3) is 0 Å². The summed E-state index contributed by atoms with van der Waals surface area (Å²) < 4.78 is 2.03. The van der Waals surface area contributed by atoms with Crippen molar-refractivity contribution < 1.29 is 0 Å². The lowest BCUT2D eigenvalue weighted by Gasteiger charge is -2.24. The van der Waals surface area contributed by atoms with Crippen molar-refractivity contribution >= 4 is 0 Å². The summed E-state index contributed by atoms with van der Waals surface area (Å²) in [6.45, 7) is 3.17. The van der Waals surface area contributed by atoms with Crippen LogP contribution in [0, 0.1) is 0 Å². The number of hydrogen-bond acceptors (Lipinski definition) is 2. The Bertz CT molecular complexity index is 586. The highest BCUT2D eigenvalue weighted by Gasteiger charge is 2.22. The molecule has 3 nitrogen and oxygen atoms in total. The van der Waals surface area contributed by atoms with Gasteiger partial charge < -0.3 is 5.32 Å². The van der Waals surface area contributed by atoms with Crippen LogP contribution in [0.15, 0.2) is 30.5 Å². The first-order valence-corrected chi connectivity index (χ1v) is 7.60. The third-order valence-corrected chi connectivity index (χ3v) is 4.41. The summed E-state index contributed by atoms with van der Waals surface area (Å²) in [4.78, 5) is 0. The van der Waals surface area contributed by atoms with Crippen molar-refractivity contribution in [1.82, 2.24) is 15.1 Å². The van der Waals surface area contributed by atoms with Crippen LogP contribution in [0.1, 0.15) is 48.2 Å². The molecule has 1 aromatic heterocycles. The van der Waals surface area contributed by atoms with Gasteiger partial charge in [-0.05, 0) is 36.8 Å². The Hall–Kier alpha value is -1.61. The first kappa shape index (κ1) is 13.4. The lowest BCUT2D eigenvalue weighted by molar-refractivity contribution is 0.451. The molecule has 0 fully saturated rings. The third-order valence-electron chi connectivity index (χ3n) is 4.41. The predicted octanol–water partition coefficient (Wildman–Crippen LogP) is 3.15. The van der Waals surface area contributed by atoms with Gasteiger partial charge in [0.25, 0.3) is 0 Å². The number of hydrogen-bond donors (Lipinski definition) is 1. The maximum Gasteiger partial charge on any atom is 0.0540 e. The topological polar surface area (TPSA) is 29.9 Å². The minimum atomic E-state index is 0.456. The summed E-state index contributed by atoms with van der Waals surface area (Å²) in [7, 11) is 2.05. The zero-order valence-corrected chi connectivity index (χ0v) is 12.4. The van der Waals surface area contributed by atoms with Crippen molar-refractivity contribution in [1.29, 1.82) is 0 Å². The van der Waals surface area contributed by atoms with E-state index in [0.717, 1.165) is 19.4 Å². The van der Waals surface area contributed by atoms with E-state index < -0.39 is 0 Å². The summed E-state index contributed by atoms with van der Waals surface area (Å²) in [5.74, 6) is 0. The van der Waals surface area contributed by atoms with Crippen molar-refractivity contribution in [2.45, 2.75) is 45.2 Å². The van der Waals surface area contributed by atoms with Gasteiger partial charge in [0.2, 0.25) is 0 Å². The van der Waals surface area contributed by atoms with Crippen LogP contribution in [0.5, 0.6) is 0 Å². The van der Waals surface area contributed by atoms with Gasteiger partial charge >= 0.3 is 0 Å². The molecule has 20 heavy (non-hydrogen) atoms. The van der Waals surface area contributed by atoms with Crippen molar-refractivity contribution in [3.8, 4) is 0 Å². The van der Waals surface area contributed by atoms with Crippen LogP contribution >= 0.6 is 0 Å². The van der Waals surface area contributed by atoms with Crippen molar-refractivity contribution in [3.05, 3.63) is 52.8 Å². The summed E-state index contributed by atoms with van der Waals surface area (Å²) in [5, 5.41) is 8.14. The fraction of sp³-hybridized carbons (Fsp3) is 0.471. The van der Waals surface area contributed by atoms with Gasteiger partial charge in [-0.15, -0.1) is 0 Å². The number of nitrogens with zero attached hydrogens (tertiary/aromatic N) is 2. The van der Waals surface area contributed by atoms with Crippen molar-refractivity contribution in [2.75, 3.05) is 0 Å². The molecule has 0 saturated heterocycles. The summed E-state index contributed by atoms with van der Waals surface area (Å²) in [6, 6.07) is 9.18. The number of nitrogens with one attached hydrogen (secondary N) is 1. The van der Waals surface area contributed by atoms with Gasteiger partial charge in [-0.2, -0.15) is 5.10 Å². The zero-order valence-electron chi connectivity index (χ0n) is 12.4. The molecular weight excluding hydrogens is 246 g/mol. The highest BCUT2D eigenvalue weighted by atomic mass is 15.3. The molecule has 106 valence electrons. The molecule has 1 heterocycles. The van der Waals surface area contributed by atoms with E-state index in [1.165, 1.54) is 35.2 Å². The normalized spacial score (nSPS) is 18.0. The zero-order chi connectivity index (χ0) is 13.9. The van der Waals surface area contributed by atoms with E-state index in [1.54, 1.807) is 0 Å². The average molecular weight is 269 g/mol. The van der Waals surface area contributed by atoms with E-state index >= 15 is 0 Å². The molecule has 1 atom stereocenters. The van der Waals surface area contributed by atoms with Gasteiger partial charge in [0.1, 0.15) is 0 Å². The Labute approximate surface area is 121 Å². The smallest absolute Gasteiger partial charge is 0.0540 e. The molecule has 0 saturated carbocycles. The molecule has 1 aromatic carbocycles. The number of fused-ring (bicyclic) bond motifs is 1. The largest absolute Gasteiger partial charge is 0.306 e. The van der Waals surface area contributed by atoms with Crippen LogP contribution in [0.3, 0.4) is 0 Å². The first-order valence-electron chi connectivity index (χ1n) is 7.60. The fourth-order valence-electron chi connectivity index (χ4n) is 3.23. The molecule has 0 spiro atoms. The van der Waals surface area contributed by atoms with E-state index in [2.05, 4.69) is 41.6 Å². The quantitative estimate of drug-likeness (QED) is 0.924. The molecule has 0 amide bonds. The number of rotatable bonds is 4. The number of benzene rings is 1. The van der Waals surface area contributed by atoms with Crippen LogP contribution < -0.4 is 5.32 Å². The SMILES string of the molecule is CCc1ccccc1CNC1CCCc2c1cnn2C. The molecule has 3 rings (SSSR count). The van der Waals surface area contributed by atoms with Gasteiger partial charge in [0.15, 0.2) is 0 Å². The lowest BCUT2D eigenvalue weighted by atomic mass is 9.92. The second-order valence-electron chi connectivity index (χ2n) is 5.62. The number of aryl methyl sites for hydroxylation is 2. The third kappa shape index (κ3) is 2.50. The minimum Gasteiger partial charge on any atom is -0.306 e. The van der Waals surface area contributed by atoms with Crippen LogP contribution in [0.4, 0.5) is 0 Å². The average Bonchev–Trinajstić information content (AvgIpc) is 2.88. The maximum absolute atomic E-state index is 4.41. The van der Waals surface area contributed by atoms with Crippen LogP contribution in [-0.2, 0) is 26.4 Å². The Morgan fingerprint density at radius 2 is 2.10 bits per heavy atom. The maximum atomic E-state index is 4.41. The minimum absolute atomic E-state index is 0.456. The van der Waals surface area contributed by atoms with Crippen molar-refractivity contribution in [3.63, 3.8) is 0 Å². The summed E-state index contributed by atoms with van der Waals surface area (Å²) in [5.41, 5.74) is 5.67. The monoisotopic (exact) mass is 269 g/mol. The van der Waals surface area contributed by atoms with E-state index in [9.17, 15) is 0 Å². The first-order chi connectivity index (χ1) is 9.79. The molecule has 1 aliphatic rings. The Morgan fingerprint density at radius 3 is 2.90 bits per heavy atom. The molecule has 0 aliphatic heterocycles. The molecule has 2 aromatic rings. The Morgan fingerprint density at radius 1 is 1.30 bits per heavy atom. The van der Waals surface area contributed by atoms with E-state index in [1.807, 2.05) is 17.9 Å². The highest BCUT2D eigenvalue weighted by molar-refractivity contribution is 5.28. The predicted molar refractivity (Wildman–Crippen MR) is 81.5 cm³/mol. The highest BCUT2D eigenvalue weighted by Crippen LogP contribution is 2.29. The van der Waals surface area contributed by atoms with Gasteiger partial charge in [0, 0.05) is 30.9 Å². The van der Waals surface area contributed by atoms with Gasteiger partial charge in [-0.25, -0.2) is 0 Å². The van der Waals surface area contributed by atoms with E-state index in [-0.39, 0.29) is 0 Å². The Kier molecular flexibility index (Phi) is 3.88. The van der Waals surface area contributed by atoms with Gasteiger partial charge in [0.05, 0.1) is 6.20 Å². The molecule has 3 heteroatoms. The summed E-state index contributed by atoms with van der Waals surface area (Å²) in [6.07, 6.45) is 6.76. The van der Waals surface area contributed by atoms with Gasteiger partial charge in [-0.1, -0.05) is 31.2 Å². The second kappa shape index (κ2) is 5.80. The Balaban J connectivity index is 1.73. The second-order valence-corrected chi connectivity index (χ2v) is 5.62. The van der Waals surface area contributed by atoms with Crippen molar-refractivity contribution in [2.24, 2.45) is 7.05 Å².